The summed E-state index contributed by atoms with van der Waals surface area (Å²) >= 11 is 1.22. The number of carbonyl (C=O) groups is 1. The molecule has 4 aromatic rings. The first-order valence-corrected chi connectivity index (χ1v) is 10.5. The molecule has 164 valence electrons. The van der Waals surface area contributed by atoms with Crippen molar-refractivity contribution in [2.75, 3.05) is 0 Å². The van der Waals surface area contributed by atoms with E-state index < -0.39 is 11.7 Å². The molecule has 0 aliphatic carbocycles. The first-order valence-electron chi connectivity index (χ1n) is 9.64. The monoisotopic (exact) mass is 457 g/mol. The normalized spacial score (nSPS) is 11.5. The van der Waals surface area contributed by atoms with Gasteiger partial charge in [-0.1, -0.05) is 18.2 Å². The minimum absolute atomic E-state index is 0.187. The number of nitrogens with one attached hydrogen (secondary N) is 1. The lowest BCUT2D eigenvalue weighted by Gasteiger charge is -2.08. The molecule has 0 radical (unpaired) electrons. The molecule has 1 aromatic carbocycles. The van der Waals surface area contributed by atoms with Crippen LogP contribution in [0.3, 0.4) is 0 Å². The summed E-state index contributed by atoms with van der Waals surface area (Å²) < 4.78 is 40.3. The smallest absolute Gasteiger partial charge is 0.347 e. The van der Waals surface area contributed by atoms with Crippen molar-refractivity contribution in [3.8, 4) is 10.7 Å². The molecule has 3 aromatic heterocycles. The summed E-state index contributed by atoms with van der Waals surface area (Å²) in [6.45, 7) is 2.29. The molecule has 0 aliphatic heterocycles. The van der Waals surface area contributed by atoms with Gasteiger partial charge in [-0.05, 0) is 42.3 Å². The molecular weight excluding hydrogens is 439 g/mol. The van der Waals surface area contributed by atoms with Crippen LogP contribution in [-0.2, 0) is 19.3 Å². The number of rotatable bonds is 6. The van der Waals surface area contributed by atoms with Gasteiger partial charge < -0.3 is 5.32 Å². The molecule has 0 spiro atoms. The third-order valence-corrected chi connectivity index (χ3v) is 5.82. The van der Waals surface area contributed by atoms with E-state index in [9.17, 15) is 18.0 Å². The van der Waals surface area contributed by atoms with Gasteiger partial charge in [0.15, 0.2) is 0 Å². The van der Waals surface area contributed by atoms with Crippen LogP contribution in [0.4, 0.5) is 13.2 Å². The van der Waals surface area contributed by atoms with Gasteiger partial charge in [0.05, 0.1) is 17.8 Å². The Kier molecular flexibility index (Phi) is 6.04. The number of alkyl halides is 3. The van der Waals surface area contributed by atoms with E-state index in [4.69, 9.17) is 0 Å². The van der Waals surface area contributed by atoms with Crippen molar-refractivity contribution in [3.63, 3.8) is 0 Å². The summed E-state index contributed by atoms with van der Waals surface area (Å²) in [7, 11) is 0. The van der Waals surface area contributed by atoms with Crippen LogP contribution < -0.4 is 5.32 Å². The van der Waals surface area contributed by atoms with Crippen LogP contribution in [0.2, 0.25) is 0 Å². The molecule has 6 nitrogen and oxygen atoms in total. The number of hydrogen-bond donors (Lipinski definition) is 1. The Morgan fingerprint density at radius 2 is 1.97 bits per heavy atom. The Labute approximate surface area is 185 Å². The zero-order valence-corrected chi connectivity index (χ0v) is 17.7. The summed E-state index contributed by atoms with van der Waals surface area (Å²) in [6, 6.07) is 10.5. The second-order valence-corrected chi connectivity index (χ2v) is 8.07. The van der Waals surface area contributed by atoms with E-state index in [1.807, 2.05) is 6.07 Å². The molecule has 4 rings (SSSR count). The molecular formula is C22H18F3N5OS. The van der Waals surface area contributed by atoms with Gasteiger partial charge in [-0.15, -0.1) is 11.3 Å². The number of benzene rings is 1. The third-order valence-electron chi connectivity index (χ3n) is 4.64. The number of nitrogens with zero attached hydrogens (tertiary/aromatic N) is 4. The lowest BCUT2D eigenvalue weighted by molar-refractivity contribution is -0.137. The van der Waals surface area contributed by atoms with Gasteiger partial charge in [0.25, 0.3) is 5.91 Å². The number of aryl methyl sites for hydroxylation is 1. The van der Waals surface area contributed by atoms with Gasteiger partial charge in [0.1, 0.15) is 15.6 Å². The highest BCUT2D eigenvalue weighted by molar-refractivity contribution is 7.17. The van der Waals surface area contributed by atoms with E-state index in [0.717, 1.165) is 17.7 Å². The van der Waals surface area contributed by atoms with Crippen molar-refractivity contribution in [1.29, 1.82) is 0 Å². The minimum atomic E-state index is -4.39. The molecule has 0 bridgehead atoms. The largest absolute Gasteiger partial charge is 0.416 e. The Morgan fingerprint density at radius 1 is 1.16 bits per heavy atom. The zero-order chi connectivity index (χ0) is 22.7. The van der Waals surface area contributed by atoms with Crippen LogP contribution in [0.15, 0.2) is 61.1 Å². The van der Waals surface area contributed by atoms with Crippen molar-refractivity contribution in [3.05, 3.63) is 88.3 Å². The second-order valence-electron chi connectivity index (χ2n) is 7.07. The summed E-state index contributed by atoms with van der Waals surface area (Å²) in [4.78, 5) is 21.5. The summed E-state index contributed by atoms with van der Waals surface area (Å²) in [6.07, 6.45) is 0.631. The number of hydrogen-bond acceptors (Lipinski definition) is 5. The Balaban J connectivity index is 1.46. The molecule has 0 unspecified atom stereocenters. The highest BCUT2D eigenvalue weighted by Gasteiger charge is 2.30. The Hall–Kier alpha value is -3.53. The first kappa shape index (κ1) is 21.7. The highest BCUT2D eigenvalue weighted by Crippen LogP contribution is 2.30. The first-order chi connectivity index (χ1) is 15.3. The fourth-order valence-electron chi connectivity index (χ4n) is 3.08. The SMILES string of the molecule is Cc1nc(-c2ccn(Cc3cccc(C(F)(F)F)c3)n2)sc1C(=O)NCc1cccnc1. The number of thiazole rings is 1. The van der Waals surface area contributed by atoms with Crippen molar-refractivity contribution >= 4 is 17.2 Å². The quantitative estimate of drug-likeness (QED) is 0.455. The van der Waals surface area contributed by atoms with E-state index >= 15 is 0 Å². The molecule has 1 N–H and O–H groups in total. The van der Waals surface area contributed by atoms with Crippen LogP contribution in [-0.4, -0.2) is 25.7 Å². The van der Waals surface area contributed by atoms with Crippen LogP contribution in [0.5, 0.6) is 0 Å². The maximum atomic E-state index is 12.9. The fourth-order valence-corrected chi connectivity index (χ4v) is 4.03. The maximum absolute atomic E-state index is 12.9. The average molecular weight is 457 g/mol. The van der Waals surface area contributed by atoms with Gasteiger partial charge >= 0.3 is 6.18 Å². The molecule has 0 aliphatic rings. The number of carbonyl (C=O) groups excluding carboxylic acids is 1. The lowest BCUT2D eigenvalue weighted by atomic mass is 10.1. The Morgan fingerprint density at radius 3 is 2.72 bits per heavy atom. The van der Waals surface area contributed by atoms with Gasteiger partial charge in [-0.25, -0.2) is 4.98 Å². The highest BCUT2D eigenvalue weighted by atomic mass is 32.1. The fraction of sp³-hybridized carbons (Fsp3) is 0.182. The number of amides is 1. The molecule has 0 fully saturated rings. The molecule has 0 atom stereocenters. The number of aromatic nitrogens is 4. The minimum Gasteiger partial charge on any atom is -0.347 e. The van der Waals surface area contributed by atoms with Crippen LogP contribution >= 0.6 is 11.3 Å². The summed E-state index contributed by atoms with van der Waals surface area (Å²) in [5, 5.41) is 7.83. The van der Waals surface area contributed by atoms with Crippen molar-refractivity contribution in [1.82, 2.24) is 25.1 Å². The molecule has 32 heavy (non-hydrogen) atoms. The summed E-state index contributed by atoms with van der Waals surface area (Å²) in [5.74, 6) is -0.237. The van der Waals surface area contributed by atoms with Gasteiger partial charge in [0.2, 0.25) is 0 Å². The predicted molar refractivity (Wildman–Crippen MR) is 114 cm³/mol. The topological polar surface area (TPSA) is 72.7 Å². The van der Waals surface area contributed by atoms with Gasteiger partial charge in [-0.2, -0.15) is 18.3 Å². The van der Waals surface area contributed by atoms with E-state index in [2.05, 4.69) is 20.4 Å². The number of pyridine rings is 1. The van der Waals surface area contributed by atoms with Crippen LogP contribution in [0, 0.1) is 6.92 Å². The molecule has 10 heteroatoms. The molecule has 0 saturated carbocycles. The van der Waals surface area contributed by atoms with Crippen molar-refractivity contribution < 1.29 is 18.0 Å². The summed E-state index contributed by atoms with van der Waals surface area (Å²) in [5.41, 5.74) is 1.81. The third kappa shape index (κ3) is 5.02. The zero-order valence-electron chi connectivity index (χ0n) is 16.9. The number of halogens is 3. The maximum Gasteiger partial charge on any atom is 0.416 e. The van der Waals surface area contributed by atoms with E-state index in [0.29, 0.717) is 33.4 Å². The van der Waals surface area contributed by atoms with Crippen LogP contribution in [0.25, 0.3) is 10.7 Å². The lowest BCUT2D eigenvalue weighted by Crippen LogP contribution is -2.22. The van der Waals surface area contributed by atoms with E-state index in [-0.39, 0.29) is 12.5 Å². The van der Waals surface area contributed by atoms with Crippen molar-refractivity contribution in [2.45, 2.75) is 26.2 Å². The van der Waals surface area contributed by atoms with E-state index in [1.54, 1.807) is 48.4 Å². The van der Waals surface area contributed by atoms with Gasteiger partial charge in [0, 0.05) is 25.1 Å². The Bertz CT molecular complexity index is 1230. The predicted octanol–water partition coefficient (Wildman–Crippen LogP) is 4.71. The average Bonchev–Trinajstić information content (AvgIpc) is 3.39. The molecule has 1 amide bonds. The van der Waals surface area contributed by atoms with Crippen LogP contribution in [0.1, 0.15) is 32.1 Å². The molecule has 3 heterocycles. The van der Waals surface area contributed by atoms with Crippen molar-refractivity contribution in [2.24, 2.45) is 0 Å². The van der Waals surface area contributed by atoms with E-state index in [1.165, 1.54) is 17.4 Å². The molecule has 0 saturated heterocycles. The standard InChI is InChI=1S/C22H18F3N5OS/c1-14-19(20(31)27-12-16-5-3-8-26-11-16)32-21(28-14)18-7-9-30(29-18)13-15-4-2-6-17(10-15)22(23,24)25/h2-11H,12-13H2,1H3,(H,27,31). The second kappa shape index (κ2) is 8.91. The van der Waals surface area contributed by atoms with Gasteiger partial charge in [-0.3, -0.25) is 14.5 Å².